The lowest BCUT2D eigenvalue weighted by Gasteiger charge is -2.14. The number of carbonyl (C=O) groups excluding carboxylic acids is 1. The van der Waals surface area contributed by atoms with Gasteiger partial charge in [-0.15, -0.1) is 0 Å². The molecule has 5 heteroatoms. The van der Waals surface area contributed by atoms with Crippen LogP contribution in [-0.4, -0.2) is 28.1 Å². The molecule has 1 fully saturated rings. The summed E-state index contributed by atoms with van der Waals surface area (Å²) in [4.78, 5) is 12.1. The van der Waals surface area contributed by atoms with E-state index in [-0.39, 0.29) is 17.7 Å². The predicted octanol–water partition coefficient (Wildman–Crippen LogP) is 3.56. The number of phenols is 1. The molecule has 0 heterocycles. The number of halogens is 1. The fourth-order valence-electron chi connectivity index (χ4n) is 2.42. The van der Waals surface area contributed by atoms with Crippen molar-refractivity contribution in [3.63, 3.8) is 0 Å². The van der Waals surface area contributed by atoms with Gasteiger partial charge in [-0.3, -0.25) is 4.79 Å². The van der Waals surface area contributed by atoms with Gasteiger partial charge in [0.25, 0.3) is 5.91 Å². The van der Waals surface area contributed by atoms with E-state index in [4.69, 9.17) is 0 Å². The molecule has 0 aliphatic heterocycles. The molecule has 1 amide bonds. The van der Waals surface area contributed by atoms with Gasteiger partial charge >= 0.3 is 0 Å². The summed E-state index contributed by atoms with van der Waals surface area (Å²) < 4.78 is 0.766. The fraction of sp³-hybridized carbons (Fsp3) is 0.500. The van der Waals surface area contributed by atoms with Gasteiger partial charge in [0.05, 0.1) is 5.56 Å². The maximum absolute atomic E-state index is 12.1. The first-order valence-electron chi connectivity index (χ1n) is 6.51. The van der Waals surface area contributed by atoms with Gasteiger partial charge in [0.15, 0.2) is 0 Å². The van der Waals surface area contributed by atoms with Crippen molar-refractivity contribution in [2.45, 2.75) is 37.5 Å². The van der Waals surface area contributed by atoms with Crippen LogP contribution in [0.15, 0.2) is 22.7 Å². The minimum Gasteiger partial charge on any atom is -0.507 e. The highest BCUT2D eigenvalue weighted by Crippen LogP contribution is 2.30. The summed E-state index contributed by atoms with van der Waals surface area (Å²) >= 11 is 5.23. The summed E-state index contributed by atoms with van der Waals surface area (Å²) in [6, 6.07) is 5.18. The van der Waals surface area contributed by atoms with Gasteiger partial charge in [-0.1, -0.05) is 22.9 Å². The third-order valence-electron chi connectivity index (χ3n) is 3.33. The molecular formula is C14H18BrNO2S. The van der Waals surface area contributed by atoms with Crippen LogP contribution in [0.4, 0.5) is 0 Å². The van der Waals surface area contributed by atoms with Gasteiger partial charge in [0, 0.05) is 15.8 Å². The molecule has 19 heavy (non-hydrogen) atoms. The minimum absolute atomic E-state index is 0.0179. The largest absolute Gasteiger partial charge is 0.507 e. The lowest BCUT2D eigenvalue weighted by atomic mass is 10.1. The van der Waals surface area contributed by atoms with Gasteiger partial charge in [-0.2, -0.15) is 11.8 Å². The van der Waals surface area contributed by atoms with Crippen LogP contribution in [0.25, 0.3) is 0 Å². The number of phenolic OH excluding ortho intramolecular Hbond substituents is 1. The molecule has 3 nitrogen and oxygen atoms in total. The van der Waals surface area contributed by atoms with Crippen molar-refractivity contribution in [2.24, 2.45) is 0 Å². The van der Waals surface area contributed by atoms with E-state index in [0.29, 0.717) is 10.8 Å². The van der Waals surface area contributed by atoms with Crippen molar-refractivity contribution in [2.75, 3.05) is 5.75 Å². The molecule has 0 aromatic heterocycles. The highest BCUT2D eigenvalue weighted by atomic mass is 79.9. The summed E-state index contributed by atoms with van der Waals surface area (Å²) in [7, 11) is 0. The second-order valence-electron chi connectivity index (χ2n) is 4.72. The van der Waals surface area contributed by atoms with E-state index in [1.807, 2.05) is 11.8 Å². The second kappa shape index (κ2) is 6.66. The van der Waals surface area contributed by atoms with Gasteiger partial charge in [-0.25, -0.2) is 0 Å². The smallest absolute Gasteiger partial charge is 0.255 e. The molecule has 1 aromatic carbocycles. The van der Waals surface area contributed by atoms with Crippen molar-refractivity contribution in [1.82, 2.24) is 5.32 Å². The highest BCUT2D eigenvalue weighted by Gasteiger charge is 2.26. The maximum Gasteiger partial charge on any atom is 0.255 e. The molecule has 1 aromatic rings. The molecule has 2 rings (SSSR count). The number of nitrogens with one attached hydrogen (secondary N) is 1. The van der Waals surface area contributed by atoms with Gasteiger partial charge in [0.1, 0.15) is 5.75 Å². The summed E-state index contributed by atoms with van der Waals surface area (Å²) in [5.74, 6) is 0.959. The Kier molecular flexibility index (Phi) is 5.16. The fourth-order valence-corrected chi connectivity index (χ4v) is 3.91. The second-order valence-corrected chi connectivity index (χ2v) is 7.22. The van der Waals surface area contributed by atoms with Crippen molar-refractivity contribution in [3.05, 3.63) is 28.2 Å². The molecule has 0 spiro atoms. The number of rotatable bonds is 4. The first kappa shape index (κ1) is 14.7. The van der Waals surface area contributed by atoms with Crippen LogP contribution in [0.1, 0.15) is 36.5 Å². The Bertz CT molecular complexity index is 467. The maximum atomic E-state index is 12.1. The third-order valence-corrected chi connectivity index (χ3v) is 5.05. The number of hydrogen-bond donors (Lipinski definition) is 2. The topological polar surface area (TPSA) is 49.3 Å². The van der Waals surface area contributed by atoms with Crippen LogP contribution in [0.3, 0.4) is 0 Å². The molecule has 1 aliphatic rings. The van der Waals surface area contributed by atoms with E-state index in [1.54, 1.807) is 18.2 Å². The quantitative estimate of drug-likeness (QED) is 0.878. The summed E-state index contributed by atoms with van der Waals surface area (Å²) in [5.41, 5.74) is 0.342. The molecule has 0 saturated heterocycles. The summed E-state index contributed by atoms with van der Waals surface area (Å²) in [5, 5.41) is 13.5. The number of carbonyl (C=O) groups is 1. The van der Waals surface area contributed by atoms with E-state index >= 15 is 0 Å². The van der Waals surface area contributed by atoms with E-state index in [0.717, 1.165) is 29.5 Å². The average Bonchev–Trinajstić information content (AvgIpc) is 2.76. The molecule has 2 N–H and O–H groups in total. The summed E-state index contributed by atoms with van der Waals surface area (Å²) in [6.45, 7) is 2.16. The Balaban J connectivity index is 1.94. The van der Waals surface area contributed by atoms with Crippen molar-refractivity contribution in [1.29, 1.82) is 0 Å². The lowest BCUT2D eigenvalue weighted by Crippen LogP contribution is -2.33. The SMILES string of the molecule is CCSC1CCC(NC(=O)c2ccc(Br)cc2O)C1. The molecule has 2 atom stereocenters. The van der Waals surface area contributed by atoms with Gasteiger partial charge in [-0.05, 0) is 43.2 Å². The van der Waals surface area contributed by atoms with Crippen molar-refractivity contribution < 1.29 is 9.90 Å². The monoisotopic (exact) mass is 343 g/mol. The first-order chi connectivity index (χ1) is 9.10. The van der Waals surface area contributed by atoms with Crippen LogP contribution in [0.2, 0.25) is 0 Å². The number of benzene rings is 1. The van der Waals surface area contributed by atoms with Crippen LogP contribution < -0.4 is 5.32 Å². The van der Waals surface area contributed by atoms with Crippen molar-refractivity contribution in [3.8, 4) is 5.75 Å². The van der Waals surface area contributed by atoms with Crippen LogP contribution >= 0.6 is 27.7 Å². The molecule has 0 radical (unpaired) electrons. The number of hydrogen-bond acceptors (Lipinski definition) is 3. The van der Waals surface area contributed by atoms with Gasteiger partial charge < -0.3 is 10.4 Å². The zero-order valence-electron chi connectivity index (χ0n) is 10.9. The van der Waals surface area contributed by atoms with Crippen LogP contribution in [-0.2, 0) is 0 Å². The Morgan fingerprint density at radius 1 is 1.53 bits per heavy atom. The molecule has 1 saturated carbocycles. The Labute approximate surface area is 126 Å². The Morgan fingerprint density at radius 2 is 2.32 bits per heavy atom. The first-order valence-corrected chi connectivity index (χ1v) is 8.35. The molecule has 0 bridgehead atoms. The Morgan fingerprint density at radius 3 is 3.00 bits per heavy atom. The normalized spacial score (nSPS) is 22.4. The van der Waals surface area contributed by atoms with Crippen molar-refractivity contribution >= 4 is 33.6 Å². The predicted molar refractivity (Wildman–Crippen MR) is 82.8 cm³/mol. The van der Waals surface area contributed by atoms with Crippen LogP contribution in [0, 0.1) is 0 Å². The van der Waals surface area contributed by atoms with Gasteiger partial charge in [0.2, 0.25) is 0 Å². The van der Waals surface area contributed by atoms with Crippen LogP contribution in [0.5, 0.6) is 5.75 Å². The lowest BCUT2D eigenvalue weighted by molar-refractivity contribution is 0.0935. The minimum atomic E-state index is -0.183. The summed E-state index contributed by atoms with van der Waals surface area (Å²) in [6.07, 6.45) is 3.22. The van der Waals surface area contributed by atoms with E-state index < -0.39 is 0 Å². The zero-order valence-corrected chi connectivity index (χ0v) is 13.3. The molecule has 1 aliphatic carbocycles. The number of thioether (sulfide) groups is 1. The average molecular weight is 344 g/mol. The number of amides is 1. The Hall–Kier alpha value is -0.680. The highest BCUT2D eigenvalue weighted by molar-refractivity contribution is 9.10. The zero-order chi connectivity index (χ0) is 13.8. The van der Waals surface area contributed by atoms with E-state index in [1.165, 1.54) is 0 Å². The standard InChI is InChI=1S/C14H18BrNO2S/c1-2-19-11-5-4-10(8-11)16-14(18)12-6-3-9(15)7-13(12)17/h3,6-7,10-11,17H,2,4-5,8H2,1H3,(H,16,18). The molecule has 104 valence electrons. The third kappa shape index (κ3) is 3.89. The van der Waals surface area contributed by atoms with E-state index in [2.05, 4.69) is 28.2 Å². The molecule has 2 unspecified atom stereocenters. The molecular weight excluding hydrogens is 326 g/mol. The number of aromatic hydroxyl groups is 1. The van der Waals surface area contributed by atoms with E-state index in [9.17, 15) is 9.90 Å².